The number of hydrogen-bond acceptors (Lipinski definition) is 2. The largest absolute Gasteiger partial charge is 0.349 e. The van der Waals surface area contributed by atoms with Crippen LogP contribution in [0.25, 0.3) is 0 Å². The summed E-state index contributed by atoms with van der Waals surface area (Å²) < 4.78 is 0. The smallest absolute Gasteiger partial charge is 0.237 e. The van der Waals surface area contributed by atoms with Gasteiger partial charge in [-0.2, -0.15) is 0 Å². The van der Waals surface area contributed by atoms with Crippen molar-refractivity contribution < 1.29 is 4.79 Å². The maximum Gasteiger partial charge on any atom is 0.237 e. The van der Waals surface area contributed by atoms with Crippen molar-refractivity contribution in [3.63, 3.8) is 0 Å². The molecular formula is C19H32N2O. The summed E-state index contributed by atoms with van der Waals surface area (Å²) >= 11 is 0. The first kappa shape index (κ1) is 15.0. The fourth-order valence-corrected chi connectivity index (χ4v) is 6.37. The van der Waals surface area contributed by atoms with E-state index >= 15 is 0 Å². The van der Waals surface area contributed by atoms with Crippen molar-refractivity contribution in [2.45, 2.75) is 76.8 Å². The fourth-order valence-electron chi connectivity index (χ4n) is 6.37. The number of rotatable bonds is 3. The normalized spacial score (nSPS) is 45.7. The van der Waals surface area contributed by atoms with Crippen LogP contribution >= 0.6 is 0 Å². The van der Waals surface area contributed by atoms with Gasteiger partial charge in [-0.1, -0.05) is 6.92 Å². The molecule has 1 aliphatic heterocycles. The molecule has 1 amide bonds. The molecule has 22 heavy (non-hydrogen) atoms. The maximum atomic E-state index is 12.9. The Labute approximate surface area is 135 Å². The Morgan fingerprint density at radius 3 is 2.27 bits per heavy atom. The van der Waals surface area contributed by atoms with E-state index in [-0.39, 0.29) is 11.6 Å². The Morgan fingerprint density at radius 2 is 1.73 bits per heavy atom. The van der Waals surface area contributed by atoms with Gasteiger partial charge in [0.15, 0.2) is 0 Å². The minimum atomic E-state index is 0.0516. The Bertz CT molecular complexity index is 411. The number of hydrogen-bond donors (Lipinski definition) is 1. The molecule has 0 aromatic rings. The number of nitrogens with zero attached hydrogens (tertiary/aromatic N) is 1. The van der Waals surface area contributed by atoms with E-state index in [0.29, 0.717) is 5.91 Å². The lowest BCUT2D eigenvalue weighted by Crippen LogP contribution is -2.62. The molecule has 0 aromatic carbocycles. The molecule has 1 N–H and O–H groups in total. The number of piperidine rings is 1. The van der Waals surface area contributed by atoms with Gasteiger partial charge in [0.05, 0.1) is 6.04 Å². The van der Waals surface area contributed by atoms with Crippen molar-refractivity contribution in [1.29, 1.82) is 0 Å². The van der Waals surface area contributed by atoms with E-state index in [0.717, 1.165) is 36.8 Å². The number of nitrogens with one attached hydrogen (secondary N) is 1. The molecule has 5 rings (SSSR count). The van der Waals surface area contributed by atoms with Gasteiger partial charge in [-0.15, -0.1) is 0 Å². The average Bonchev–Trinajstić information content (AvgIpc) is 2.44. The molecule has 4 aliphatic carbocycles. The van der Waals surface area contributed by atoms with Crippen LogP contribution in [0.2, 0.25) is 0 Å². The second-order valence-electron chi connectivity index (χ2n) is 9.11. The first-order valence-corrected chi connectivity index (χ1v) is 9.59. The minimum absolute atomic E-state index is 0.0516. The van der Waals surface area contributed by atoms with E-state index in [2.05, 4.69) is 24.1 Å². The molecule has 1 saturated heterocycles. The van der Waals surface area contributed by atoms with Gasteiger partial charge in [0.1, 0.15) is 0 Å². The monoisotopic (exact) mass is 304 g/mol. The zero-order valence-electron chi connectivity index (χ0n) is 14.3. The molecule has 0 aromatic heterocycles. The Kier molecular flexibility index (Phi) is 3.75. The van der Waals surface area contributed by atoms with Crippen LogP contribution in [-0.2, 0) is 4.79 Å². The summed E-state index contributed by atoms with van der Waals surface area (Å²) in [6, 6.07) is 0.0516. The molecule has 0 radical (unpaired) electrons. The van der Waals surface area contributed by atoms with Gasteiger partial charge in [0.25, 0.3) is 0 Å². The third-order valence-corrected chi connectivity index (χ3v) is 7.04. The van der Waals surface area contributed by atoms with Crippen LogP contribution in [0.4, 0.5) is 0 Å². The first-order chi connectivity index (χ1) is 10.5. The molecule has 2 atom stereocenters. The third kappa shape index (κ3) is 2.70. The second-order valence-corrected chi connectivity index (χ2v) is 9.11. The number of carbonyl (C=O) groups is 1. The molecule has 1 heterocycles. The van der Waals surface area contributed by atoms with Crippen LogP contribution in [0.5, 0.6) is 0 Å². The van der Waals surface area contributed by atoms with E-state index in [1.54, 1.807) is 0 Å². The Hall–Kier alpha value is -0.570. The lowest BCUT2D eigenvalue weighted by atomic mass is 9.53. The van der Waals surface area contributed by atoms with Crippen LogP contribution in [-0.4, -0.2) is 35.5 Å². The maximum absolute atomic E-state index is 12.9. The lowest BCUT2D eigenvalue weighted by molar-refractivity contribution is -0.132. The Morgan fingerprint density at radius 1 is 1.14 bits per heavy atom. The number of carbonyl (C=O) groups excluding carboxylic acids is 1. The van der Waals surface area contributed by atoms with Crippen molar-refractivity contribution in [2.75, 3.05) is 13.1 Å². The van der Waals surface area contributed by atoms with E-state index in [1.165, 1.54) is 51.4 Å². The van der Waals surface area contributed by atoms with Crippen molar-refractivity contribution in [3.05, 3.63) is 0 Å². The fraction of sp³-hybridized carbons (Fsp3) is 0.947. The molecule has 4 bridgehead atoms. The van der Waals surface area contributed by atoms with Gasteiger partial charge < -0.3 is 5.32 Å². The summed E-state index contributed by atoms with van der Waals surface area (Å²) in [5.74, 6) is 3.74. The summed E-state index contributed by atoms with van der Waals surface area (Å²) in [6.45, 7) is 6.62. The van der Waals surface area contributed by atoms with E-state index in [9.17, 15) is 4.79 Å². The molecule has 5 fully saturated rings. The molecule has 2 unspecified atom stereocenters. The zero-order valence-corrected chi connectivity index (χ0v) is 14.3. The average molecular weight is 304 g/mol. The first-order valence-electron chi connectivity index (χ1n) is 9.59. The highest BCUT2D eigenvalue weighted by atomic mass is 16.2. The quantitative estimate of drug-likeness (QED) is 0.868. The molecule has 0 spiro atoms. The third-order valence-electron chi connectivity index (χ3n) is 7.04. The van der Waals surface area contributed by atoms with Gasteiger partial charge in [-0.25, -0.2) is 0 Å². The summed E-state index contributed by atoms with van der Waals surface area (Å²) in [5, 5.41) is 3.56. The predicted octanol–water partition coefficient (Wildman–Crippen LogP) is 3.19. The SMILES string of the molecule is CC1CCCN(C(C)C(=O)NC23CC4CC(CC(C4)C2)C3)C1. The summed E-state index contributed by atoms with van der Waals surface area (Å²) in [5.41, 5.74) is 0.168. The minimum Gasteiger partial charge on any atom is -0.349 e. The highest BCUT2D eigenvalue weighted by Gasteiger charge is 2.51. The zero-order chi connectivity index (χ0) is 15.3. The summed E-state index contributed by atoms with van der Waals surface area (Å²) in [7, 11) is 0. The molecule has 5 aliphatic rings. The standard InChI is InChI=1S/C19H32N2O/c1-13-4-3-5-21(12-13)14(2)18(22)20-19-9-15-6-16(10-19)8-17(7-15)11-19/h13-17H,3-12H2,1-2H3,(H,20,22). The molecular weight excluding hydrogens is 272 g/mol. The number of amides is 1. The van der Waals surface area contributed by atoms with Crippen molar-refractivity contribution in [2.24, 2.45) is 23.7 Å². The van der Waals surface area contributed by atoms with Gasteiger partial charge in [-0.05, 0) is 88.5 Å². The van der Waals surface area contributed by atoms with Crippen LogP contribution in [0, 0.1) is 23.7 Å². The molecule has 124 valence electrons. The van der Waals surface area contributed by atoms with Gasteiger partial charge in [-0.3, -0.25) is 9.69 Å². The molecule has 4 saturated carbocycles. The van der Waals surface area contributed by atoms with Gasteiger partial charge >= 0.3 is 0 Å². The van der Waals surface area contributed by atoms with E-state index in [1.807, 2.05) is 0 Å². The lowest BCUT2D eigenvalue weighted by Gasteiger charge is -2.57. The van der Waals surface area contributed by atoms with Crippen LogP contribution in [0.15, 0.2) is 0 Å². The van der Waals surface area contributed by atoms with Crippen LogP contribution in [0.3, 0.4) is 0 Å². The molecule has 3 heteroatoms. The predicted molar refractivity (Wildman–Crippen MR) is 88.5 cm³/mol. The van der Waals surface area contributed by atoms with E-state index in [4.69, 9.17) is 0 Å². The van der Waals surface area contributed by atoms with E-state index < -0.39 is 0 Å². The highest BCUT2D eigenvalue weighted by Crippen LogP contribution is 2.55. The van der Waals surface area contributed by atoms with Crippen molar-refractivity contribution in [3.8, 4) is 0 Å². The van der Waals surface area contributed by atoms with Crippen LogP contribution in [0.1, 0.15) is 65.2 Å². The second kappa shape index (κ2) is 5.51. The van der Waals surface area contributed by atoms with Gasteiger partial charge in [0, 0.05) is 12.1 Å². The van der Waals surface area contributed by atoms with Crippen LogP contribution < -0.4 is 5.32 Å². The Balaban J connectivity index is 1.41. The summed E-state index contributed by atoms with van der Waals surface area (Å²) in [4.78, 5) is 15.3. The number of likely N-dealkylation sites (tertiary alicyclic amines) is 1. The van der Waals surface area contributed by atoms with Gasteiger partial charge in [0.2, 0.25) is 5.91 Å². The highest BCUT2D eigenvalue weighted by molar-refractivity contribution is 5.82. The topological polar surface area (TPSA) is 32.3 Å². The van der Waals surface area contributed by atoms with Crippen molar-refractivity contribution in [1.82, 2.24) is 10.2 Å². The summed E-state index contributed by atoms with van der Waals surface area (Å²) in [6.07, 6.45) is 10.7. The molecule has 3 nitrogen and oxygen atoms in total. The van der Waals surface area contributed by atoms with Crippen molar-refractivity contribution >= 4 is 5.91 Å².